The van der Waals surface area contributed by atoms with Crippen molar-refractivity contribution in [2.24, 2.45) is 0 Å². The molecule has 1 aromatic heterocycles. The summed E-state index contributed by atoms with van der Waals surface area (Å²) in [5.41, 5.74) is 5.87. The van der Waals surface area contributed by atoms with Crippen LogP contribution in [0.15, 0.2) is 65.0 Å². The van der Waals surface area contributed by atoms with Gasteiger partial charge in [-0.25, -0.2) is 9.48 Å². The lowest BCUT2D eigenvalue weighted by Gasteiger charge is -2.28. The largest absolute Gasteiger partial charge is 0.463 e. The summed E-state index contributed by atoms with van der Waals surface area (Å²) in [4.78, 5) is 17.5. The van der Waals surface area contributed by atoms with Gasteiger partial charge in [-0.3, -0.25) is 0 Å². The third-order valence-electron chi connectivity index (χ3n) is 5.17. The highest BCUT2D eigenvalue weighted by Gasteiger charge is 2.35. The van der Waals surface area contributed by atoms with Crippen molar-refractivity contribution >= 4 is 23.7 Å². The number of fused-ring (bicyclic) bond motifs is 1. The molecule has 1 aliphatic heterocycles. The number of nitrogens with zero attached hydrogens (tertiary/aromatic N) is 3. The van der Waals surface area contributed by atoms with Gasteiger partial charge in [0.25, 0.3) is 0 Å². The minimum absolute atomic E-state index is 0.317. The van der Waals surface area contributed by atoms with Gasteiger partial charge in [0.15, 0.2) is 0 Å². The number of aromatic nitrogens is 3. The number of thioether (sulfide) groups is 1. The molecule has 7 heteroatoms. The molecular formula is C24H26N4O2S. The SMILES string of the molecule is CCOC(=O)C1=C(C)Nc2nc(SCc3cccc(C)c3)nn2C1c1ccc(C)cc1. The van der Waals surface area contributed by atoms with Crippen LogP contribution in [0.2, 0.25) is 0 Å². The summed E-state index contributed by atoms with van der Waals surface area (Å²) in [5.74, 6) is 1.06. The van der Waals surface area contributed by atoms with E-state index in [0.717, 1.165) is 22.6 Å². The molecule has 1 unspecified atom stereocenters. The molecule has 0 saturated carbocycles. The number of nitrogens with one attached hydrogen (secondary N) is 1. The van der Waals surface area contributed by atoms with Gasteiger partial charge in [-0.05, 0) is 38.8 Å². The number of benzene rings is 2. The number of esters is 1. The molecule has 1 atom stereocenters. The maximum absolute atomic E-state index is 12.8. The second-order valence-corrected chi connectivity index (χ2v) is 8.58. The van der Waals surface area contributed by atoms with Gasteiger partial charge in [0, 0.05) is 11.4 Å². The number of allylic oxidation sites excluding steroid dienone is 1. The first-order valence-electron chi connectivity index (χ1n) is 10.3. The van der Waals surface area contributed by atoms with Crippen molar-refractivity contribution in [3.63, 3.8) is 0 Å². The van der Waals surface area contributed by atoms with Gasteiger partial charge >= 0.3 is 5.97 Å². The van der Waals surface area contributed by atoms with Crippen molar-refractivity contribution in [2.75, 3.05) is 11.9 Å². The first-order chi connectivity index (χ1) is 15.0. The lowest BCUT2D eigenvalue weighted by atomic mass is 9.95. The van der Waals surface area contributed by atoms with Gasteiger partial charge < -0.3 is 10.1 Å². The highest BCUT2D eigenvalue weighted by atomic mass is 32.2. The van der Waals surface area contributed by atoms with E-state index in [-0.39, 0.29) is 5.97 Å². The molecule has 2 aromatic carbocycles. The summed E-state index contributed by atoms with van der Waals surface area (Å²) < 4.78 is 7.16. The van der Waals surface area contributed by atoms with Crippen molar-refractivity contribution in [1.82, 2.24) is 14.8 Å². The lowest BCUT2D eigenvalue weighted by molar-refractivity contribution is -0.139. The third kappa shape index (κ3) is 4.51. The third-order valence-corrected chi connectivity index (χ3v) is 6.08. The summed E-state index contributed by atoms with van der Waals surface area (Å²) in [6.45, 7) is 8.14. The van der Waals surface area contributed by atoms with Crippen LogP contribution in [0, 0.1) is 13.8 Å². The molecule has 0 amide bonds. The normalized spacial score (nSPS) is 15.4. The number of anilines is 1. The maximum Gasteiger partial charge on any atom is 0.338 e. The van der Waals surface area contributed by atoms with Crippen LogP contribution in [0.3, 0.4) is 0 Å². The monoisotopic (exact) mass is 434 g/mol. The molecule has 4 rings (SSSR count). The summed E-state index contributed by atoms with van der Waals surface area (Å²) >= 11 is 1.58. The van der Waals surface area contributed by atoms with E-state index in [2.05, 4.69) is 41.5 Å². The molecule has 1 aliphatic rings. The van der Waals surface area contributed by atoms with E-state index < -0.39 is 6.04 Å². The van der Waals surface area contributed by atoms with Crippen LogP contribution in [-0.4, -0.2) is 27.3 Å². The molecule has 1 N–H and O–H groups in total. The molecule has 0 aliphatic carbocycles. The fourth-order valence-electron chi connectivity index (χ4n) is 3.67. The second kappa shape index (κ2) is 8.98. The number of hydrogen-bond donors (Lipinski definition) is 1. The fourth-order valence-corrected chi connectivity index (χ4v) is 4.44. The van der Waals surface area contributed by atoms with E-state index in [1.54, 1.807) is 16.4 Å². The molecule has 0 spiro atoms. The molecule has 160 valence electrons. The van der Waals surface area contributed by atoms with Gasteiger partial charge in [-0.15, -0.1) is 5.10 Å². The molecule has 0 radical (unpaired) electrons. The summed E-state index contributed by atoms with van der Waals surface area (Å²) in [6, 6.07) is 16.2. The number of carbonyl (C=O) groups excluding carboxylic acids is 1. The topological polar surface area (TPSA) is 69.0 Å². The van der Waals surface area contributed by atoms with Crippen LogP contribution in [0.5, 0.6) is 0 Å². The first kappa shape index (κ1) is 21.2. The quantitative estimate of drug-likeness (QED) is 0.433. The minimum Gasteiger partial charge on any atom is -0.463 e. The number of ether oxygens (including phenoxy) is 1. The number of carbonyl (C=O) groups is 1. The zero-order valence-electron chi connectivity index (χ0n) is 18.2. The van der Waals surface area contributed by atoms with Gasteiger partial charge in [0.05, 0.1) is 12.2 Å². The number of rotatable bonds is 6. The van der Waals surface area contributed by atoms with E-state index >= 15 is 0 Å². The second-order valence-electron chi connectivity index (χ2n) is 7.64. The minimum atomic E-state index is -0.392. The van der Waals surface area contributed by atoms with Crippen LogP contribution in [-0.2, 0) is 15.3 Å². The number of aryl methyl sites for hydroxylation is 2. The van der Waals surface area contributed by atoms with Crippen molar-refractivity contribution in [3.05, 3.63) is 82.1 Å². The molecular weight excluding hydrogens is 408 g/mol. The van der Waals surface area contributed by atoms with Crippen molar-refractivity contribution < 1.29 is 9.53 Å². The molecule has 6 nitrogen and oxygen atoms in total. The van der Waals surface area contributed by atoms with E-state index in [1.807, 2.05) is 45.0 Å². The Balaban J connectivity index is 1.68. The zero-order valence-corrected chi connectivity index (χ0v) is 19.0. The van der Waals surface area contributed by atoms with E-state index in [9.17, 15) is 4.79 Å². The molecule has 0 saturated heterocycles. The highest BCUT2D eigenvalue weighted by Crippen LogP contribution is 2.37. The summed E-state index contributed by atoms with van der Waals surface area (Å²) in [6.07, 6.45) is 0. The van der Waals surface area contributed by atoms with Crippen molar-refractivity contribution in [1.29, 1.82) is 0 Å². The van der Waals surface area contributed by atoms with Gasteiger partial charge in [-0.1, -0.05) is 71.4 Å². The standard InChI is InChI=1S/C24H26N4O2S/c1-5-30-22(29)20-17(4)25-23-26-24(31-14-18-8-6-7-16(3)13-18)27-28(23)21(20)19-11-9-15(2)10-12-19/h6-13,21H,5,14H2,1-4H3,(H,25,26,27). The maximum atomic E-state index is 12.8. The highest BCUT2D eigenvalue weighted by molar-refractivity contribution is 7.98. The summed E-state index contributed by atoms with van der Waals surface area (Å²) in [5, 5.41) is 8.67. The molecule has 2 heterocycles. The Labute approximate surface area is 186 Å². The predicted octanol–water partition coefficient (Wildman–Crippen LogP) is 5.04. The Kier molecular flexibility index (Phi) is 6.13. The van der Waals surface area contributed by atoms with E-state index in [4.69, 9.17) is 9.84 Å². The molecule has 31 heavy (non-hydrogen) atoms. The molecule has 0 bridgehead atoms. The Morgan fingerprint density at radius 3 is 2.61 bits per heavy atom. The Morgan fingerprint density at radius 1 is 1.13 bits per heavy atom. The van der Waals surface area contributed by atoms with Crippen LogP contribution in [0.1, 0.15) is 42.1 Å². The summed E-state index contributed by atoms with van der Waals surface area (Å²) in [7, 11) is 0. The van der Waals surface area contributed by atoms with Crippen LogP contribution >= 0.6 is 11.8 Å². The van der Waals surface area contributed by atoms with E-state index in [1.165, 1.54) is 11.1 Å². The van der Waals surface area contributed by atoms with Gasteiger partial charge in [-0.2, -0.15) is 4.98 Å². The average molecular weight is 435 g/mol. The predicted molar refractivity (Wildman–Crippen MR) is 123 cm³/mol. The zero-order chi connectivity index (χ0) is 22.0. The van der Waals surface area contributed by atoms with Crippen LogP contribution in [0.25, 0.3) is 0 Å². The molecule has 0 fully saturated rings. The first-order valence-corrected chi connectivity index (χ1v) is 11.3. The Hall–Kier alpha value is -3.06. The van der Waals surface area contributed by atoms with Crippen molar-refractivity contribution in [3.8, 4) is 0 Å². The van der Waals surface area contributed by atoms with Gasteiger partial charge in [0.2, 0.25) is 11.1 Å². The fraction of sp³-hybridized carbons (Fsp3) is 0.292. The lowest BCUT2D eigenvalue weighted by Crippen LogP contribution is -2.29. The van der Waals surface area contributed by atoms with E-state index in [0.29, 0.717) is 23.3 Å². The number of hydrogen-bond acceptors (Lipinski definition) is 6. The Morgan fingerprint density at radius 2 is 1.90 bits per heavy atom. The smallest absolute Gasteiger partial charge is 0.338 e. The Bertz CT molecular complexity index is 1130. The average Bonchev–Trinajstić information content (AvgIpc) is 3.14. The van der Waals surface area contributed by atoms with Gasteiger partial charge in [0.1, 0.15) is 6.04 Å². The molecule has 3 aromatic rings. The van der Waals surface area contributed by atoms with Crippen LogP contribution in [0.4, 0.5) is 5.95 Å². The van der Waals surface area contributed by atoms with Crippen molar-refractivity contribution in [2.45, 2.75) is 44.6 Å². The van der Waals surface area contributed by atoms with Crippen LogP contribution < -0.4 is 5.32 Å².